The second-order valence-corrected chi connectivity index (χ2v) is 4.68. The van der Waals surface area contributed by atoms with Crippen molar-refractivity contribution in [3.05, 3.63) is 23.8 Å². The van der Waals surface area contributed by atoms with Crippen LogP contribution in [-0.4, -0.2) is 6.10 Å². The molecular formula is C14H20F3NO. The van der Waals surface area contributed by atoms with Crippen LogP contribution >= 0.6 is 0 Å². The zero-order chi connectivity index (χ0) is 14.5. The Hall–Kier alpha value is -1.39. The van der Waals surface area contributed by atoms with Crippen LogP contribution in [0.3, 0.4) is 0 Å². The summed E-state index contributed by atoms with van der Waals surface area (Å²) in [7, 11) is 0. The van der Waals surface area contributed by atoms with E-state index in [0.717, 1.165) is 31.7 Å². The van der Waals surface area contributed by atoms with Gasteiger partial charge in [0, 0.05) is 5.69 Å². The number of alkyl halides is 3. The summed E-state index contributed by atoms with van der Waals surface area (Å²) in [5.74, 6) is -0.148. The predicted octanol–water partition coefficient (Wildman–Crippen LogP) is 4.64. The molecule has 19 heavy (non-hydrogen) atoms. The molecule has 0 aliphatic heterocycles. The molecule has 0 fully saturated rings. The molecule has 0 radical (unpaired) electrons. The largest absolute Gasteiger partial charge is 0.490 e. The van der Waals surface area contributed by atoms with Crippen molar-refractivity contribution in [1.29, 1.82) is 0 Å². The van der Waals surface area contributed by atoms with Crippen LogP contribution in [0.1, 0.15) is 45.1 Å². The third kappa shape index (κ3) is 5.01. The van der Waals surface area contributed by atoms with Gasteiger partial charge in [0.2, 0.25) is 0 Å². The van der Waals surface area contributed by atoms with Crippen LogP contribution < -0.4 is 10.5 Å². The molecule has 0 aliphatic carbocycles. The average molecular weight is 275 g/mol. The lowest BCUT2D eigenvalue weighted by molar-refractivity contribution is -0.139. The first kappa shape index (κ1) is 15.7. The number of ether oxygens (including phenoxy) is 1. The Morgan fingerprint density at radius 2 is 1.95 bits per heavy atom. The van der Waals surface area contributed by atoms with Gasteiger partial charge in [0.05, 0.1) is 11.7 Å². The normalized spacial score (nSPS) is 13.3. The highest BCUT2D eigenvalue weighted by Gasteiger charge is 2.34. The van der Waals surface area contributed by atoms with E-state index < -0.39 is 11.7 Å². The van der Waals surface area contributed by atoms with E-state index >= 15 is 0 Å². The summed E-state index contributed by atoms with van der Waals surface area (Å²) in [6.45, 7) is 3.86. The van der Waals surface area contributed by atoms with E-state index in [2.05, 4.69) is 6.92 Å². The number of anilines is 1. The molecule has 108 valence electrons. The molecule has 2 N–H and O–H groups in total. The number of hydrogen-bond donors (Lipinski definition) is 1. The molecule has 0 aliphatic rings. The Balaban J connectivity index is 2.77. The molecule has 5 heteroatoms. The molecule has 0 saturated carbocycles. The third-order valence-electron chi connectivity index (χ3n) is 2.85. The summed E-state index contributed by atoms with van der Waals surface area (Å²) in [5, 5.41) is 0. The molecule has 1 atom stereocenters. The molecule has 0 aromatic heterocycles. The van der Waals surface area contributed by atoms with Gasteiger partial charge in [-0.15, -0.1) is 0 Å². The summed E-state index contributed by atoms with van der Waals surface area (Å²) in [5.41, 5.74) is 4.67. The van der Waals surface area contributed by atoms with Gasteiger partial charge in [0.1, 0.15) is 5.75 Å². The Kier molecular flexibility index (Phi) is 5.51. The monoisotopic (exact) mass is 275 g/mol. The lowest BCUT2D eigenvalue weighted by Crippen LogP contribution is -2.16. The van der Waals surface area contributed by atoms with Gasteiger partial charge in [-0.25, -0.2) is 0 Å². The van der Waals surface area contributed by atoms with Crippen LogP contribution in [0.2, 0.25) is 0 Å². The maximum Gasteiger partial charge on any atom is 0.420 e. The fourth-order valence-corrected chi connectivity index (χ4v) is 1.83. The van der Waals surface area contributed by atoms with Crippen LogP contribution in [0.5, 0.6) is 5.75 Å². The molecule has 0 saturated heterocycles. The van der Waals surface area contributed by atoms with Crippen LogP contribution in [-0.2, 0) is 6.18 Å². The minimum atomic E-state index is -4.45. The first-order valence-corrected chi connectivity index (χ1v) is 6.48. The van der Waals surface area contributed by atoms with Gasteiger partial charge >= 0.3 is 6.18 Å². The van der Waals surface area contributed by atoms with Crippen LogP contribution in [0, 0.1) is 0 Å². The first-order chi connectivity index (χ1) is 8.84. The number of rotatable bonds is 6. The summed E-state index contributed by atoms with van der Waals surface area (Å²) in [4.78, 5) is 0. The number of nitrogen functional groups attached to an aromatic ring is 1. The summed E-state index contributed by atoms with van der Waals surface area (Å²) in [6, 6.07) is 3.62. The van der Waals surface area contributed by atoms with Gasteiger partial charge in [-0.2, -0.15) is 13.2 Å². The zero-order valence-corrected chi connectivity index (χ0v) is 11.3. The van der Waals surface area contributed by atoms with Crippen molar-refractivity contribution in [1.82, 2.24) is 0 Å². The topological polar surface area (TPSA) is 35.2 Å². The van der Waals surface area contributed by atoms with E-state index in [9.17, 15) is 13.2 Å². The molecule has 1 rings (SSSR count). The Morgan fingerprint density at radius 3 is 2.53 bits per heavy atom. The third-order valence-corrected chi connectivity index (χ3v) is 2.85. The number of benzene rings is 1. The molecule has 0 heterocycles. The van der Waals surface area contributed by atoms with Gasteiger partial charge in [-0.3, -0.25) is 0 Å². The predicted molar refractivity (Wildman–Crippen MR) is 70.1 cm³/mol. The minimum Gasteiger partial charge on any atom is -0.490 e. The first-order valence-electron chi connectivity index (χ1n) is 6.48. The number of hydrogen-bond acceptors (Lipinski definition) is 2. The van der Waals surface area contributed by atoms with Crippen LogP contribution in [0.15, 0.2) is 18.2 Å². The van der Waals surface area contributed by atoms with Gasteiger partial charge in [0.15, 0.2) is 0 Å². The minimum absolute atomic E-state index is 0.0818. The van der Waals surface area contributed by atoms with Crippen LogP contribution in [0.25, 0.3) is 0 Å². The molecule has 0 unspecified atom stereocenters. The number of halogens is 3. The second kappa shape index (κ2) is 6.68. The fraction of sp³-hybridized carbons (Fsp3) is 0.571. The molecule has 1 aromatic rings. The number of nitrogens with two attached hydrogens (primary N) is 1. The molecule has 0 amide bonds. The lowest BCUT2D eigenvalue weighted by atomic mass is 10.1. The average Bonchev–Trinajstić information content (AvgIpc) is 2.30. The van der Waals surface area contributed by atoms with Gasteiger partial charge in [-0.05, 0) is 38.0 Å². The molecule has 1 aromatic carbocycles. The van der Waals surface area contributed by atoms with Crippen molar-refractivity contribution < 1.29 is 17.9 Å². The highest BCUT2D eigenvalue weighted by atomic mass is 19.4. The summed E-state index contributed by atoms with van der Waals surface area (Å²) < 4.78 is 43.9. The Morgan fingerprint density at radius 1 is 1.26 bits per heavy atom. The van der Waals surface area contributed by atoms with Gasteiger partial charge < -0.3 is 10.5 Å². The second-order valence-electron chi connectivity index (χ2n) is 4.68. The quantitative estimate of drug-likeness (QED) is 0.606. The lowest BCUT2D eigenvalue weighted by Gasteiger charge is -2.19. The zero-order valence-electron chi connectivity index (χ0n) is 11.3. The van der Waals surface area contributed by atoms with Crippen molar-refractivity contribution in [2.45, 2.75) is 51.8 Å². The van der Waals surface area contributed by atoms with Crippen molar-refractivity contribution in [2.24, 2.45) is 0 Å². The fourth-order valence-electron chi connectivity index (χ4n) is 1.83. The Labute approximate surface area is 111 Å². The maximum atomic E-state index is 12.8. The highest BCUT2D eigenvalue weighted by molar-refractivity contribution is 5.49. The van der Waals surface area contributed by atoms with E-state index in [1.165, 1.54) is 12.1 Å². The summed E-state index contributed by atoms with van der Waals surface area (Å²) in [6.07, 6.45) is -0.863. The van der Waals surface area contributed by atoms with E-state index in [1.807, 2.05) is 0 Å². The molecule has 0 bridgehead atoms. The number of unbranched alkanes of at least 4 members (excludes halogenated alkanes) is 2. The molecule has 0 spiro atoms. The molecular weight excluding hydrogens is 255 g/mol. The Bertz CT molecular complexity index is 404. The van der Waals surface area contributed by atoms with Crippen LogP contribution in [0.4, 0.5) is 18.9 Å². The van der Waals surface area contributed by atoms with E-state index in [-0.39, 0.29) is 17.5 Å². The van der Waals surface area contributed by atoms with E-state index in [4.69, 9.17) is 10.5 Å². The molecule has 2 nitrogen and oxygen atoms in total. The highest BCUT2D eigenvalue weighted by Crippen LogP contribution is 2.37. The van der Waals surface area contributed by atoms with Crippen molar-refractivity contribution in [2.75, 3.05) is 5.73 Å². The van der Waals surface area contributed by atoms with E-state index in [0.29, 0.717) is 0 Å². The van der Waals surface area contributed by atoms with Gasteiger partial charge in [0.25, 0.3) is 0 Å². The SMILES string of the molecule is CCCCC[C@@H](C)Oc1ccc(N)cc1C(F)(F)F. The standard InChI is InChI=1S/C14H20F3NO/c1-3-4-5-6-10(2)19-13-8-7-11(18)9-12(13)14(15,16)17/h7-10H,3-6,18H2,1-2H3/t10-/m1/s1. The maximum absolute atomic E-state index is 12.8. The van der Waals surface area contributed by atoms with E-state index in [1.54, 1.807) is 6.92 Å². The van der Waals surface area contributed by atoms with Gasteiger partial charge in [-0.1, -0.05) is 19.8 Å². The van der Waals surface area contributed by atoms with Crippen molar-refractivity contribution in [3.8, 4) is 5.75 Å². The van der Waals surface area contributed by atoms with Crippen molar-refractivity contribution in [3.63, 3.8) is 0 Å². The smallest absolute Gasteiger partial charge is 0.420 e. The summed E-state index contributed by atoms with van der Waals surface area (Å²) >= 11 is 0. The van der Waals surface area contributed by atoms with Crippen molar-refractivity contribution >= 4 is 5.69 Å².